The van der Waals surface area contributed by atoms with Crippen LogP contribution in [0.5, 0.6) is 0 Å². The van der Waals surface area contributed by atoms with E-state index in [1.807, 2.05) is 6.07 Å². The first-order valence-corrected chi connectivity index (χ1v) is 4.99. The maximum Gasteiger partial charge on any atom is 0.411 e. The smallest absolute Gasteiger partial charge is 0.372 e. The van der Waals surface area contributed by atoms with E-state index in [0.717, 1.165) is 0 Å². The van der Waals surface area contributed by atoms with Crippen LogP contribution in [0, 0.1) is 16.7 Å². The van der Waals surface area contributed by atoms with E-state index in [9.17, 15) is 18.0 Å². The van der Waals surface area contributed by atoms with Crippen LogP contribution >= 0.6 is 0 Å². The van der Waals surface area contributed by atoms with Crippen molar-refractivity contribution in [1.82, 2.24) is 5.32 Å². The summed E-state index contributed by atoms with van der Waals surface area (Å²) in [7, 11) is 0. The predicted molar refractivity (Wildman–Crippen MR) is 53.9 cm³/mol. The molecule has 0 aliphatic rings. The van der Waals surface area contributed by atoms with Gasteiger partial charge in [0.1, 0.15) is 6.61 Å². The van der Waals surface area contributed by atoms with Crippen molar-refractivity contribution in [3.63, 3.8) is 0 Å². The minimum Gasteiger partial charge on any atom is -0.372 e. The highest BCUT2D eigenvalue weighted by atomic mass is 19.4. The average molecular weight is 252 g/mol. The Hall–Kier alpha value is -1.29. The summed E-state index contributed by atoms with van der Waals surface area (Å²) in [5, 5.41) is 11.1. The molecule has 0 rings (SSSR count). The second kappa shape index (κ2) is 6.45. The fraction of sp³-hybridized carbons (Fsp3) is 0.800. The van der Waals surface area contributed by atoms with Crippen LogP contribution in [0.4, 0.5) is 13.2 Å². The minimum absolute atomic E-state index is 0.154. The molecule has 0 bridgehead atoms. The summed E-state index contributed by atoms with van der Waals surface area (Å²) in [6, 6.07) is 1.99. The van der Waals surface area contributed by atoms with Crippen molar-refractivity contribution >= 4 is 5.91 Å². The Morgan fingerprint density at radius 1 is 1.41 bits per heavy atom. The van der Waals surface area contributed by atoms with Crippen molar-refractivity contribution in [3.8, 4) is 6.07 Å². The number of amides is 1. The number of nitrogens with zero attached hydrogens (tertiary/aromatic N) is 1. The highest BCUT2D eigenvalue weighted by molar-refractivity contribution is 5.76. The van der Waals surface area contributed by atoms with E-state index < -0.39 is 24.1 Å². The van der Waals surface area contributed by atoms with E-state index in [1.54, 1.807) is 13.8 Å². The molecule has 0 aromatic carbocycles. The van der Waals surface area contributed by atoms with Gasteiger partial charge in [0.15, 0.2) is 0 Å². The molecule has 0 heterocycles. The molecule has 17 heavy (non-hydrogen) atoms. The van der Waals surface area contributed by atoms with Crippen molar-refractivity contribution in [2.24, 2.45) is 5.41 Å². The second-order valence-electron chi connectivity index (χ2n) is 4.19. The first-order valence-electron chi connectivity index (χ1n) is 4.99. The average Bonchev–Trinajstić information content (AvgIpc) is 2.20. The van der Waals surface area contributed by atoms with Gasteiger partial charge < -0.3 is 10.1 Å². The Balaban J connectivity index is 3.66. The SMILES string of the molecule is CC(C)(C#N)CNC(=O)CCOCC(F)(F)F. The predicted octanol–water partition coefficient (Wildman–Crippen LogP) is 1.62. The summed E-state index contributed by atoms with van der Waals surface area (Å²) in [6.45, 7) is 1.80. The Kier molecular flexibility index (Phi) is 5.96. The van der Waals surface area contributed by atoms with Gasteiger partial charge in [-0.25, -0.2) is 0 Å². The van der Waals surface area contributed by atoms with Gasteiger partial charge in [-0.2, -0.15) is 18.4 Å². The molecule has 0 saturated heterocycles. The molecule has 1 N–H and O–H groups in total. The fourth-order valence-corrected chi connectivity index (χ4v) is 0.800. The van der Waals surface area contributed by atoms with Crippen molar-refractivity contribution < 1.29 is 22.7 Å². The third-order valence-electron chi connectivity index (χ3n) is 1.77. The number of nitriles is 1. The van der Waals surface area contributed by atoms with Crippen molar-refractivity contribution in [3.05, 3.63) is 0 Å². The first-order chi connectivity index (χ1) is 7.66. The summed E-state index contributed by atoms with van der Waals surface area (Å²) in [5.74, 6) is -0.435. The van der Waals surface area contributed by atoms with Gasteiger partial charge in [0.05, 0.1) is 18.1 Å². The lowest BCUT2D eigenvalue weighted by molar-refractivity contribution is -0.174. The normalized spacial score (nSPS) is 12.0. The maximum absolute atomic E-state index is 11.7. The molecule has 4 nitrogen and oxygen atoms in total. The van der Waals surface area contributed by atoms with Crippen LogP contribution in [0.3, 0.4) is 0 Å². The quantitative estimate of drug-likeness (QED) is 0.731. The van der Waals surface area contributed by atoms with E-state index in [-0.39, 0.29) is 19.6 Å². The lowest BCUT2D eigenvalue weighted by Crippen LogP contribution is -2.33. The van der Waals surface area contributed by atoms with Gasteiger partial charge in [-0.1, -0.05) is 0 Å². The Morgan fingerprint density at radius 3 is 2.47 bits per heavy atom. The van der Waals surface area contributed by atoms with E-state index >= 15 is 0 Å². The maximum atomic E-state index is 11.7. The topological polar surface area (TPSA) is 62.1 Å². The van der Waals surface area contributed by atoms with Gasteiger partial charge >= 0.3 is 6.18 Å². The van der Waals surface area contributed by atoms with Crippen LogP contribution < -0.4 is 5.32 Å². The number of hydrogen-bond donors (Lipinski definition) is 1. The van der Waals surface area contributed by atoms with E-state index in [2.05, 4.69) is 10.1 Å². The summed E-state index contributed by atoms with van der Waals surface area (Å²) >= 11 is 0. The van der Waals surface area contributed by atoms with Crippen molar-refractivity contribution in [1.29, 1.82) is 5.26 Å². The molecule has 0 aromatic rings. The molecule has 1 amide bonds. The third-order valence-corrected chi connectivity index (χ3v) is 1.77. The Bertz CT molecular complexity index is 295. The lowest BCUT2D eigenvalue weighted by atomic mass is 9.96. The summed E-state index contributed by atoms with van der Waals surface area (Å²) in [6.07, 6.45) is -4.53. The second-order valence-corrected chi connectivity index (χ2v) is 4.19. The molecule has 7 heteroatoms. The monoisotopic (exact) mass is 252 g/mol. The van der Waals surface area contributed by atoms with Gasteiger partial charge in [-0.05, 0) is 13.8 Å². The zero-order valence-corrected chi connectivity index (χ0v) is 9.73. The summed E-state index contributed by atoms with van der Waals surface area (Å²) in [5.41, 5.74) is -0.692. The van der Waals surface area contributed by atoms with Gasteiger partial charge in [0, 0.05) is 13.0 Å². The number of rotatable bonds is 6. The van der Waals surface area contributed by atoms with Gasteiger partial charge in [0.25, 0.3) is 0 Å². The number of carbonyl (C=O) groups excluding carboxylic acids is 1. The molecule has 0 unspecified atom stereocenters. The number of nitrogens with one attached hydrogen (secondary N) is 1. The lowest BCUT2D eigenvalue weighted by Gasteiger charge is -2.15. The molecule has 0 atom stereocenters. The van der Waals surface area contributed by atoms with E-state index in [1.165, 1.54) is 0 Å². The highest BCUT2D eigenvalue weighted by Crippen LogP contribution is 2.14. The van der Waals surface area contributed by atoms with Crippen LogP contribution in [0.25, 0.3) is 0 Å². The van der Waals surface area contributed by atoms with Gasteiger partial charge in [-0.3, -0.25) is 4.79 Å². The van der Waals surface area contributed by atoms with Crippen LogP contribution in [0.2, 0.25) is 0 Å². The number of carbonyl (C=O) groups is 1. The van der Waals surface area contributed by atoms with Gasteiger partial charge in [-0.15, -0.1) is 0 Å². The number of halogens is 3. The molecule has 0 saturated carbocycles. The molecule has 0 radical (unpaired) electrons. The van der Waals surface area contributed by atoms with Crippen LogP contribution in [-0.2, 0) is 9.53 Å². The summed E-state index contributed by atoms with van der Waals surface area (Å²) < 4.78 is 39.3. The van der Waals surface area contributed by atoms with Crippen LogP contribution in [0.1, 0.15) is 20.3 Å². The molecule has 0 fully saturated rings. The van der Waals surface area contributed by atoms with Crippen molar-refractivity contribution in [2.75, 3.05) is 19.8 Å². The molecular formula is C10H15F3N2O2. The van der Waals surface area contributed by atoms with E-state index in [0.29, 0.717) is 0 Å². The minimum atomic E-state index is -4.38. The molecule has 0 aromatic heterocycles. The standard InChI is InChI=1S/C10H15F3N2O2/c1-9(2,5-14)6-15-8(16)3-4-17-7-10(11,12)13/h3-4,6-7H2,1-2H3,(H,15,16). The number of ether oxygens (including phenoxy) is 1. The van der Waals surface area contributed by atoms with Crippen LogP contribution in [-0.4, -0.2) is 31.8 Å². The molecule has 0 aliphatic carbocycles. The molecular weight excluding hydrogens is 237 g/mol. The summed E-state index contributed by atoms with van der Waals surface area (Å²) in [4.78, 5) is 11.1. The Labute approximate surface area is 97.7 Å². The van der Waals surface area contributed by atoms with Crippen molar-refractivity contribution in [2.45, 2.75) is 26.4 Å². The molecule has 0 aliphatic heterocycles. The Morgan fingerprint density at radius 2 is 2.00 bits per heavy atom. The van der Waals surface area contributed by atoms with Gasteiger partial charge in [0.2, 0.25) is 5.91 Å². The number of alkyl halides is 3. The zero-order valence-electron chi connectivity index (χ0n) is 9.73. The number of hydrogen-bond acceptors (Lipinski definition) is 3. The highest BCUT2D eigenvalue weighted by Gasteiger charge is 2.27. The first kappa shape index (κ1) is 15.7. The molecule has 98 valence electrons. The zero-order chi connectivity index (χ0) is 13.5. The van der Waals surface area contributed by atoms with E-state index in [4.69, 9.17) is 5.26 Å². The molecule has 0 spiro atoms. The fourth-order valence-electron chi connectivity index (χ4n) is 0.800. The van der Waals surface area contributed by atoms with Crippen LogP contribution in [0.15, 0.2) is 0 Å². The largest absolute Gasteiger partial charge is 0.411 e. The third kappa shape index (κ3) is 9.63.